The smallest absolute Gasteiger partial charge is 0.0653 e. The van der Waals surface area contributed by atoms with Crippen molar-refractivity contribution in [1.82, 2.24) is 0 Å². The van der Waals surface area contributed by atoms with Crippen molar-refractivity contribution in [2.24, 2.45) is 5.92 Å². The Morgan fingerprint density at radius 1 is 1.23 bits per heavy atom. The highest BCUT2D eigenvalue weighted by atomic mass is 16.5. The van der Waals surface area contributed by atoms with Crippen molar-refractivity contribution in [2.45, 2.75) is 6.42 Å². The molecule has 0 fully saturated rings. The Morgan fingerprint density at radius 2 is 2.15 bits per heavy atom. The van der Waals surface area contributed by atoms with Crippen LogP contribution in [0.15, 0.2) is 30.3 Å². The first-order valence-electron chi connectivity index (χ1n) is 4.81. The van der Waals surface area contributed by atoms with E-state index >= 15 is 0 Å². The van der Waals surface area contributed by atoms with E-state index in [9.17, 15) is 0 Å². The van der Waals surface area contributed by atoms with Crippen molar-refractivity contribution >= 4 is 5.57 Å². The van der Waals surface area contributed by atoms with Crippen LogP contribution in [-0.2, 0) is 11.2 Å². The summed E-state index contributed by atoms with van der Waals surface area (Å²) in [5.74, 6) is 0.631. The van der Waals surface area contributed by atoms with Crippen LogP contribution in [0.1, 0.15) is 11.1 Å². The molecule has 13 heavy (non-hydrogen) atoms. The predicted molar refractivity (Wildman–Crippen MR) is 52.4 cm³/mol. The normalized spacial score (nSPS) is 24.9. The van der Waals surface area contributed by atoms with Gasteiger partial charge in [-0.05, 0) is 23.1 Å². The molecule has 3 rings (SSSR count). The SMILES string of the molecule is C1=C2c3ccccc3CC2COC1. The summed E-state index contributed by atoms with van der Waals surface area (Å²) in [7, 11) is 0. The van der Waals surface area contributed by atoms with E-state index in [-0.39, 0.29) is 0 Å². The van der Waals surface area contributed by atoms with Crippen LogP contribution in [0.5, 0.6) is 0 Å². The summed E-state index contributed by atoms with van der Waals surface area (Å²) in [5.41, 5.74) is 4.46. The van der Waals surface area contributed by atoms with Gasteiger partial charge in [0.15, 0.2) is 0 Å². The van der Waals surface area contributed by atoms with Gasteiger partial charge in [-0.1, -0.05) is 30.3 Å². The van der Waals surface area contributed by atoms with Crippen LogP contribution in [0.3, 0.4) is 0 Å². The molecule has 1 atom stereocenters. The van der Waals surface area contributed by atoms with Gasteiger partial charge in [0.2, 0.25) is 0 Å². The fourth-order valence-corrected chi connectivity index (χ4v) is 2.36. The van der Waals surface area contributed by atoms with Crippen molar-refractivity contribution < 1.29 is 4.74 Å². The summed E-state index contributed by atoms with van der Waals surface area (Å²) in [5, 5.41) is 0. The molecule has 1 unspecified atom stereocenters. The lowest BCUT2D eigenvalue weighted by atomic mass is 9.99. The Labute approximate surface area is 78.0 Å². The van der Waals surface area contributed by atoms with Crippen molar-refractivity contribution in [3.63, 3.8) is 0 Å². The molecule has 1 aromatic carbocycles. The minimum atomic E-state index is 0.631. The second-order valence-electron chi connectivity index (χ2n) is 3.76. The molecule has 1 heterocycles. The topological polar surface area (TPSA) is 9.23 Å². The third kappa shape index (κ3) is 1.04. The molecule has 1 nitrogen and oxygen atoms in total. The zero-order valence-electron chi connectivity index (χ0n) is 7.49. The third-order valence-corrected chi connectivity index (χ3v) is 2.97. The maximum absolute atomic E-state index is 5.44. The van der Waals surface area contributed by atoms with Crippen molar-refractivity contribution in [1.29, 1.82) is 0 Å². The molecule has 0 bridgehead atoms. The summed E-state index contributed by atoms with van der Waals surface area (Å²) in [4.78, 5) is 0. The first-order chi connectivity index (χ1) is 6.45. The molecule has 0 saturated heterocycles. The fraction of sp³-hybridized carbons (Fsp3) is 0.333. The zero-order valence-corrected chi connectivity index (χ0v) is 7.49. The Kier molecular flexibility index (Phi) is 1.53. The van der Waals surface area contributed by atoms with Gasteiger partial charge < -0.3 is 4.74 Å². The standard InChI is InChI=1S/C12H12O/c1-2-4-11-9(3-1)7-10-8-13-6-5-12(10)11/h1-5,10H,6-8H2. The summed E-state index contributed by atoms with van der Waals surface area (Å²) in [6, 6.07) is 8.70. The number of benzene rings is 1. The lowest BCUT2D eigenvalue weighted by molar-refractivity contribution is 0.132. The van der Waals surface area contributed by atoms with Gasteiger partial charge in [0, 0.05) is 5.92 Å². The van der Waals surface area contributed by atoms with E-state index in [0.29, 0.717) is 5.92 Å². The number of fused-ring (bicyclic) bond motifs is 3. The molecular weight excluding hydrogens is 160 g/mol. The Bertz CT molecular complexity index is 365. The van der Waals surface area contributed by atoms with Crippen LogP contribution in [0.25, 0.3) is 5.57 Å². The molecule has 0 spiro atoms. The molecule has 1 aliphatic heterocycles. The fourth-order valence-electron chi connectivity index (χ4n) is 2.36. The van der Waals surface area contributed by atoms with E-state index in [1.54, 1.807) is 0 Å². The van der Waals surface area contributed by atoms with Crippen molar-refractivity contribution in [3.05, 3.63) is 41.5 Å². The summed E-state index contributed by atoms with van der Waals surface area (Å²) in [6.45, 7) is 1.70. The minimum absolute atomic E-state index is 0.631. The molecule has 1 heteroatoms. The van der Waals surface area contributed by atoms with E-state index in [1.165, 1.54) is 23.1 Å². The summed E-state index contributed by atoms with van der Waals surface area (Å²) < 4.78 is 5.44. The van der Waals surface area contributed by atoms with Crippen molar-refractivity contribution in [3.8, 4) is 0 Å². The lowest BCUT2D eigenvalue weighted by Gasteiger charge is -2.17. The highest BCUT2D eigenvalue weighted by Crippen LogP contribution is 2.38. The van der Waals surface area contributed by atoms with Crippen LogP contribution in [0.2, 0.25) is 0 Å². The minimum Gasteiger partial charge on any atom is -0.377 e. The molecule has 0 N–H and O–H groups in total. The van der Waals surface area contributed by atoms with E-state index in [1.807, 2.05) is 0 Å². The van der Waals surface area contributed by atoms with Gasteiger partial charge in [-0.2, -0.15) is 0 Å². The molecule has 0 aromatic heterocycles. The van der Waals surface area contributed by atoms with Gasteiger partial charge in [0.1, 0.15) is 0 Å². The average Bonchev–Trinajstić information content (AvgIpc) is 2.56. The molecule has 1 aliphatic carbocycles. The van der Waals surface area contributed by atoms with Crippen LogP contribution in [-0.4, -0.2) is 13.2 Å². The molecule has 2 aliphatic rings. The molecular formula is C12H12O. The van der Waals surface area contributed by atoms with Crippen LogP contribution in [0, 0.1) is 5.92 Å². The number of hydrogen-bond acceptors (Lipinski definition) is 1. The average molecular weight is 172 g/mol. The second-order valence-corrected chi connectivity index (χ2v) is 3.76. The van der Waals surface area contributed by atoms with Crippen LogP contribution >= 0.6 is 0 Å². The third-order valence-electron chi connectivity index (χ3n) is 2.97. The Balaban J connectivity index is 2.13. The second kappa shape index (κ2) is 2.71. The Hall–Kier alpha value is -1.08. The van der Waals surface area contributed by atoms with E-state index in [0.717, 1.165) is 13.2 Å². The highest BCUT2D eigenvalue weighted by molar-refractivity contribution is 5.75. The van der Waals surface area contributed by atoms with Crippen LogP contribution in [0.4, 0.5) is 0 Å². The number of ether oxygens (including phenoxy) is 1. The van der Waals surface area contributed by atoms with Gasteiger partial charge in [-0.25, -0.2) is 0 Å². The molecule has 0 radical (unpaired) electrons. The van der Waals surface area contributed by atoms with Gasteiger partial charge >= 0.3 is 0 Å². The quantitative estimate of drug-likeness (QED) is 0.583. The largest absolute Gasteiger partial charge is 0.377 e. The van der Waals surface area contributed by atoms with Gasteiger partial charge in [-0.15, -0.1) is 0 Å². The number of hydrogen-bond donors (Lipinski definition) is 0. The lowest BCUT2D eigenvalue weighted by Crippen LogP contribution is -2.14. The molecule has 0 amide bonds. The number of rotatable bonds is 0. The van der Waals surface area contributed by atoms with Gasteiger partial charge in [0.05, 0.1) is 13.2 Å². The predicted octanol–water partition coefficient (Wildman–Crippen LogP) is 2.27. The summed E-state index contributed by atoms with van der Waals surface area (Å²) in [6.07, 6.45) is 3.40. The van der Waals surface area contributed by atoms with Gasteiger partial charge in [-0.3, -0.25) is 0 Å². The highest BCUT2D eigenvalue weighted by Gasteiger charge is 2.27. The van der Waals surface area contributed by atoms with E-state index in [2.05, 4.69) is 30.3 Å². The molecule has 0 saturated carbocycles. The summed E-state index contributed by atoms with van der Waals surface area (Å²) >= 11 is 0. The first kappa shape index (κ1) is 7.34. The van der Waals surface area contributed by atoms with E-state index in [4.69, 9.17) is 4.74 Å². The van der Waals surface area contributed by atoms with Crippen LogP contribution < -0.4 is 0 Å². The van der Waals surface area contributed by atoms with E-state index < -0.39 is 0 Å². The maximum atomic E-state index is 5.44. The van der Waals surface area contributed by atoms with Crippen molar-refractivity contribution in [2.75, 3.05) is 13.2 Å². The monoisotopic (exact) mass is 172 g/mol. The molecule has 1 aromatic rings. The molecule has 66 valence electrons. The maximum Gasteiger partial charge on any atom is 0.0653 e. The first-order valence-corrected chi connectivity index (χ1v) is 4.81. The Morgan fingerprint density at radius 3 is 3.15 bits per heavy atom. The zero-order chi connectivity index (χ0) is 8.67. The van der Waals surface area contributed by atoms with Gasteiger partial charge in [0.25, 0.3) is 0 Å².